The number of amides is 1. The second-order valence-electron chi connectivity index (χ2n) is 3.80. The van der Waals surface area contributed by atoms with Crippen molar-refractivity contribution >= 4 is 6.09 Å². The van der Waals surface area contributed by atoms with Gasteiger partial charge in [0.2, 0.25) is 0 Å². The van der Waals surface area contributed by atoms with E-state index >= 15 is 0 Å². The van der Waals surface area contributed by atoms with Crippen molar-refractivity contribution in [2.24, 2.45) is 0 Å². The summed E-state index contributed by atoms with van der Waals surface area (Å²) in [4.78, 5) is 11.1. The molecule has 0 radical (unpaired) electrons. The lowest BCUT2D eigenvalue weighted by Crippen LogP contribution is -2.19. The van der Waals surface area contributed by atoms with E-state index in [1.165, 1.54) is 0 Å². The van der Waals surface area contributed by atoms with Crippen LogP contribution in [0.1, 0.15) is 11.6 Å². The molecule has 2 heterocycles. The summed E-state index contributed by atoms with van der Waals surface area (Å²) >= 11 is 0. The maximum atomic E-state index is 11.1. The van der Waals surface area contributed by atoms with E-state index in [0.717, 1.165) is 11.3 Å². The molecule has 3 rings (SSSR count). The fourth-order valence-corrected chi connectivity index (χ4v) is 1.95. The first-order chi connectivity index (χ1) is 8.34. The summed E-state index contributed by atoms with van der Waals surface area (Å²) < 4.78 is 6.69. The van der Waals surface area contributed by atoms with Crippen LogP contribution in [0.15, 0.2) is 42.7 Å². The van der Waals surface area contributed by atoms with Crippen LogP contribution in [0.25, 0.3) is 5.69 Å². The Balaban J connectivity index is 2.02. The minimum atomic E-state index is -0.370. The average Bonchev–Trinajstić information content (AvgIpc) is 3.00. The van der Waals surface area contributed by atoms with Crippen molar-refractivity contribution in [1.29, 1.82) is 0 Å². The molecule has 5 nitrogen and oxygen atoms in total. The Kier molecular flexibility index (Phi) is 2.29. The van der Waals surface area contributed by atoms with Crippen molar-refractivity contribution in [2.75, 3.05) is 6.61 Å². The molecule has 17 heavy (non-hydrogen) atoms. The topological polar surface area (TPSA) is 56.2 Å². The summed E-state index contributed by atoms with van der Waals surface area (Å²) in [6.45, 7) is 0.358. The summed E-state index contributed by atoms with van der Waals surface area (Å²) in [6.07, 6.45) is 3.22. The number of nitrogens with one attached hydrogen (secondary N) is 1. The van der Waals surface area contributed by atoms with E-state index in [9.17, 15) is 4.79 Å². The van der Waals surface area contributed by atoms with Crippen molar-refractivity contribution in [2.45, 2.75) is 6.04 Å². The maximum absolute atomic E-state index is 11.1. The highest BCUT2D eigenvalue weighted by Crippen LogP contribution is 2.24. The van der Waals surface area contributed by atoms with Crippen LogP contribution in [-0.4, -0.2) is 22.5 Å². The van der Waals surface area contributed by atoms with Gasteiger partial charge in [-0.2, -0.15) is 5.10 Å². The Morgan fingerprint density at radius 1 is 1.35 bits per heavy atom. The van der Waals surface area contributed by atoms with Crippen molar-refractivity contribution in [3.8, 4) is 5.69 Å². The molecular formula is C12H11N3O2. The number of benzene rings is 1. The van der Waals surface area contributed by atoms with Gasteiger partial charge in [0.1, 0.15) is 6.61 Å². The Morgan fingerprint density at radius 2 is 2.24 bits per heavy atom. The number of nitrogens with zero attached hydrogens (tertiary/aromatic N) is 2. The van der Waals surface area contributed by atoms with Crippen LogP contribution in [0.4, 0.5) is 4.79 Å². The van der Waals surface area contributed by atoms with Gasteiger partial charge in [-0.25, -0.2) is 9.48 Å². The first-order valence-electron chi connectivity index (χ1n) is 5.37. The largest absolute Gasteiger partial charge is 0.447 e. The summed E-state index contributed by atoms with van der Waals surface area (Å²) in [5.74, 6) is 0. The van der Waals surface area contributed by atoms with Crippen LogP contribution < -0.4 is 5.32 Å². The molecule has 0 spiro atoms. The number of cyclic esters (lactones) is 1. The van der Waals surface area contributed by atoms with E-state index in [-0.39, 0.29) is 12.1 Å². The molecule has 1 amide bonds. The van der Waals surface area contributed by atoms with Crippen LogP contribution >= 0.6 is 0 Å². The van der Waals surface area contributed by atoms with Crippen molar-refractivity contribution in [1.82, 2.24) is 15.1 Å². The van der Waals surface area contributed by atoms with Crippen LogP contribution in [0.3, 0.4) is 0 Å². The highest BCUT2D eigenvalue weighted by atomic mass is 16.6. The summed E-state index contributed by atoms with van der Waals surface area (Å²) in [5.41, 5.74) is 1.95. The first kappa shape index (κ1) is 9.89. The van der Waals surface area contributed by atoms with Gasteiger partial charge in [0.25, 0.3) is 0 Å². The van der Waals surface area contributed by atoms with Gasteiger partial charge in [-0.3, -0.25) is 0 Å². The van der Waals surface area contributed by atoms with Crippen LogP contribution in [0, 0.1) is 0 Å². The van der Waals surface area contributed by atoms with Gasteiger partial charge in [-0.1, -0.05) is 18.2 Å². The molecule has 0 bridgehead atoms. The minimum Gasteiger partial charge on any atom is -0.447 e. The van der Waals surface area contributed by atoms with E-state index in [0.29, 0.717) is 6.61 Å². The third-order valence-corrected chi connectivity index (χ3v) is 2.74. The smallest absolute Gasteiger partial charge is 0.407 e. The fraction of sp³-hybridized carbons (Fsp3) is 0.167. The minimum absolute atomic E-state index is 0.108. The van der Waals surface area contributed by atoms with Crippen molar-refractivity contribution < 1.29 is 9.53 Å². The quantitative estimate of drug-likeness (QED) is 0.851. The van der Waals surface area contributed by atoms with Crippen molar-refractivity contribution in [3.05, 3.63) is 48.3 Å². The molecule has 1 aliphatic rings. The number of hydrogen-bond donors (Lipinski definition) is 1. The molecule has 86 valence electrons. The van der Waals surface area contributed by atoms with Crippen molar-refractivity contribution in [3.63, 3.8) is 0 Å². The number of ether oxygens (including phenoxy) is 1. The van der Waals surface area contributed by atoms with Gasteiger partial charge >= 0.3 is 6.09 Å². The number of alkyl carbamates (subject to hydrolysis) is 1. The molecule has 1 unspecified atom stereocenters. The number of carbonyl (C=O) groups is 1. The van der Waals surface area contributed by atoms with E-state index < -0.39 is 0 Å². The Bertz CT molecular complexity index is 536. The third-order valence-electron chi connectivity index (χ3n) is 2.74. The molecule has 2 aromatic rings. The Morgan fingerprint density at radius 3 is 2.94 bits per heavy atom. The van der Waals surface area contributed by atoms with Gasteiger partial charge in [-0.05, 0) is 12.1 Å². The number of aromatic nitrogens is 2. The molecule has 1 aromatic carbocycles. The summed E-state index contributed by atoms with van der Waals surface area (Å²) in [6, 6.07) is 9.57. The molecule has 5 heteroatoms. The second-order valence-corrected chi connectivity index (χ2v) is 3.80. The predicted molar refractivity (Wildman–Crippen MR) is 60.8 cm³/mol. The summed E-state index contributed by atoms with van der Waals surface area (Å²) in [5, 5.41) is 6.97. The third kappa shape index (κ3) is 1.75. The molecule has 1 aliphatic heterocycles. The highest BCUT2D eigenvalue weighted by molar-refractivity contribution is 5.70. The lowest BCUT2D eigenvalue weighted by molar-refractivity contribution is 0.177. The van der Waals surface area contributed by atoms with Gasteiger partial charge in [-0.15, -0.1) is 0 Å². The Labute approximate surface area is 98.0 Å². The molecule has 0 aliphatic carbocycles. The van der Waals surface area contributed by atoms with Crippen LogP contribution in [-0.2, 0) is 4.74 Å². The van der Waals surface area contributed by atoms with E-state index in [4.69, 9.17) is 4.74 Å². The number of rotatable bonds is 2. The van der Waals surface area contributed by atoms with Gasteiger partial charge in [0, 0.05) is 18.0 Å². The van der Waals surface area contributed by atoms with E-state index in [1.54, 1.807) is 10.9 Å². The molecule has 0 saturated carbocycles. The lowest BCUT2D eigenvalue weighted by atomic mass is 10.1. The zero-order valence-corrected chi connectivity index (χ0v) is 9.04. The predicted octanol–water partition coefficient (Wildman–Crippen LogP) is 1.65. The molecule has 1 N–H and O–H groups in total. The summed E-state index contributed by atoms with van der Waals surface area (Å²) in [7, 11) is 0. The van der Waals surface area contributed by atoms with Crippen LogP contribution in [0.2, 0.25) is 0 Å². The SMILES string of the molecule is O=C1NC(c2ccccc2-n2cccn2)CO1. The van der Waals surface area contributed by atoms with Gasteiger partial charge in [0.15, 0.2) is 0 Å². The number of para-hydroxylation sites is 1. The average molecular weight is 229 g/mol. The Hall–Kier alpha value is -2.30. The normalized spacial score (nSPS) is 18.8. The van der Waals surface area contributed by atoms with Gasteiger partial charge in [0.05, 0.1) is 11.7 Å². The molecule has 1 aromatic heterocycles. The number of carbonyl (C=O) groups excluding carboxylic acids is 1. The zero-order valence-electron chi connectivity index (χ0n) is 9.04. The number of hydrogen-bond acceptors (Lipinski definition) is 3. The molecule has 1 atom stereocenters. The maximum Gasteiger partial charge on any atom is 0.407 e. The van der Waals surface area contributed by atoms with Gasteiger partial charge < -0.3 is 10.1 Å². The van der Waals surface area contributed by atoms with E-state index in [1.807, 2.05) is 36.5 Å². The molecule has 1 saturated heterocycles. The lowest BCUT2D eigenvalue weighted by Gasteiger charge is -2.13. The molecular weight excluding hydrogens is 218 g/mol. The monoisotopic (exact) mass is 229 g/mol. The van der Waals surface area contributed by atoms with E-state index in [2.05, 4.69) is 10.4 Å². The fourth-order valence-electron chi connectivity index (χ4n) is 1.95. The van der Waals surface area contributed by atoms with Crippen LogP contribution in [0.5, 0.6) is 0 Å². The zero-order chi connectivity index (χ0) is 11.7. The standard InChI is InChI=1S/C12H11N3O2/c16-12-14-10(8-17-12)9-4-1-2-5-11(9)15-7-3-6-13-15/h1-7,10H,8H2,(H,14,16). The second kappa shape index (κ2) is 3.93. The highest BCUT2D eigenvalue weighted by Gasteiger charge is 2.26. The first-order valence-corrected chi connectivity index (χ1v) is 5.37. The molecule has 1 fully saturated rings.